The summed E-state index contributed by atoms with van der Waals surface area (Å²) in [6.07, 6.45) is 2.31. The van der Waals surface area contributed by atoms with Crippen LogP contribution in [0, 0.1) is 5.92 Å². The number of unbranched alkanes of at least 4 members (excludes halogenated alkanes) is 1. The molecule has 1 aliphatic heterocycles. The molecule has 12 heteroatoms. The van der Waals surface area contributed by atoms with Gasteiger partial charge >= 0.3 is 11.9 Å². The smallest absolute Gasteiger partial charge is 0.326 e. The zero-order chi connectivity index (χ0) is 25.8. The summed E-state index contributed by atoms with van der Waals surface area (Å²) in [7, 11) is 0. The highest BCUT2D eigenvalue weighted by molar-refractivity contribution is 5.94. The molecule has 0 radical (unpaired) electrons. The summed E-state index contributed by atoms with van der Waals surface area (Å²) in [5.41, 5.74) is 11.4. The number of likely N-dealkylation sites (tertiary alicyclic amines) is 1. The van der Waals surface area contributed by atoms with E-state index in [9.17, 15) is 29.1 Å². The number of carbonyl (C=O) groups is 5. The molecule has 1 rings (SSSR count). The topological polar surface area (TPSA) is 205 Å². The van der Waals surface area contributed by atoms with Crippen molar-refractivity contribution in [3.63, 3.8) is 0 Å². The lowest BCUT2D eigenvalue weighted by Gasteiger charge is -2.28. The molecule has 1 saturated heterocycles. The SMILES string of the molecule is CC(C)CC(NC(=O)C(CCCCN)NC(=O)C1CCCN1C(=O)C(N)CCC(=O)O)C(=O)O. The fraction of sp³-hybridized carbons (Fsp3) is 0.773. The monoisotopic (exact) mass is 485 g/mol. The largest absolute Gasteiger partial charge is 0.481 e. The molecule has 1 fully saturated rings. The Balaban J connectivity index is 2.89. The van der Waals surface area contributed by atoms with Crippen LogP contribution in [0.3, 0.4) is 0 Å². The molecular formula is C22H39N5O7. The highest BCUT2D eigenvalue weighted by Gasteiger charge is 2.38. The maximum atomic E-state index is 13.0. The fourth-order valence-corrected chi connectivity index (χ4v) is 3.91. The number of hydrogen-bond donors (Lipinski definition) is 6. The van der Waals surface area contributed by atoms with Crippen molar-refractivity contribution in [3.05, 3.63) is 0 Å². The maximum Gasteiger partial charge on any atom is 0.326 e. The van der Waals surface area contributed by atoms with Crippen LogP contribution in [0.5, 0.6) is 0 Å². The number of carboxylic acid groups (broad SMARTS) is 2. The van der Waals surface area contributed by atoms with Gasteiger partial charge in [0.25, 0.3) is 0 Å². The van der Waals surface area contributed by atoms with Crippen molar-refractivity contribution < 1.29 is 34.2 Å². The summed E-state index contributed by atoms with van der Waals surface area (Å²) in [4.78, 5) is 62.3. The Kier molecular flexibility index (Phi) is 12.5. The van der Waals surface area contributed by atoms with Gasteiger partial charge in [-0.3, -0.25) is 19.2 Å². The van der Waals surface area contributed by atoms with Crippen molar-refractivity contribution in [1.29, 1.82) is 0 Å². The summed E-state index contributed by atoms with van der Waals surface area (Å²) in [5.74, 6) is -3.83. The molecule has 4 unspecified atom stereocenters. The quantitative estimate of drug-likeness (QED) is 0.163. The molecule has 0 aliphatic carbocycles. The first kappa shape index (κ1) is 29.3. The number of nitrogens with one attached hydrogen (secondary N) is 2. The average molecular weight is 486 g/mol. The molecule has 194 valence electrons. The molecular weight excluding hydrogens is 446 g/mol. The van der Waals surface area contributed by atoms with E-state index in [4.69, 9.17) is 16.6 Å². The predicted octanol–water partition coefficient (Wildman–Crippen LogP) is -0.601. The Morgan fingerprint density at radius 2 is 1.71 bits per heavy atom. The molecule has 3 amide bonds. The minimum Gasteiger partial charge on any atom is -0.481 e. The third-order valence-electron chi connectivity index (χ3n) is 5.73. The molecule has 0 aromatic rings. The van der Waals surface area contributed by atoms with Crippen LogP contribution in [0.4, 0.5) is 0 Å². The van der Waals surface area contributed by atoms with Crippen molar-refractivity contribution in [3.8, 4) is 0 Å². The minimum atomic E-state index is -1.16. The minimum absolute atomic E-state index is 0.0371. The number of hydrogen-bond acceptors (Lipinski definition) is 7. The van der Waals surface area contributed by atoms with Gasteiger partial charge in [-0.25, -0.2) is 4.79 Å². The molecule has 8 N–H and O–H groups in total. The number of nitrogens with zero attached hydrogens (tertiary/aromatic N) is 1. The Hall–Kier alpha value is -2.73. The van der Waals surface area contributed by atoms with Crippen molar-refractivity contribution >= 4 is 29.7 Å². The second kappa shape index (κ2) is 14.5. The third-order valence-corrected chi connectivity index (χ3v) is 5.73. The first-order chi connectivity index (χ1) is 16.0. The van der Waals surface area contributed by atoms with Crippen molar-refractivity contribution in [1.82, 2.24) is 15.5 Å². The van der Waals surface area contributed by atoms with Gasteiger partial charge < -0.3 is 37.2 Å². The maximum absolute atomic E-state index is 13.0. The molecule has 1 heterocycles. The van der Waals surface area contributed by atoms with E-state index in [-0.39, 0.29) is 31.6 Å². The zero-order valence-electron chi connectivity index (χ0n) is 20.0. The van der Waals surface area contributed by atoms with Crippen molar-refractivity contribution in [2.75, 3.05) is 13.1 Å². The van der Waals surface area contributed by atoms with Gasteiger partial charge in [-0.2, -0.15) is 0 Å². The number of carbonyl (C=O) groups excluding carboxylic acids is 3. The van der Waals surface area contributed by atoms with Crippen LogP contribution in [0.15, 0.2) is 0 Å². The summed E-state index contributed by atoms with van der Waals surface area (Å²) < 4.78 is 0. The van der Waals surface area contributed by atoms with Crippen LogP contribution < -0.4 is 22.1 Å². The molecule has 0 spiro atoms. The molecule has 0 aromatic carbocycles. The van der Waals surface area contributed by atoms with E-state index in [1.807, 2.05) is 13.8 Å². The Bertz CT molecular complexity index is 730. The first-order valence-electron chi connectivity index (χ1n) is 11.8. The third kappa shape index (κ3) is 9.64. The van der Waals surface area contributed by atoms with Crippen LogP contribution in [0.25, 0.3) is 0 Å². The lowest BCUT2D eigenvalue weighted by atomic mass is 10.0. The van der Waals surface area contributed by atoms with E-state index in [0.29, 0.717) is 38.8 Å². The van der Waals surface area contributed by atoms with E-state index >= 15 is 0 Å². The van der Waals surface area contributed by atoms with E-state index in [1.54, 1.807) is 0 Å². The second-order valence-corrected chi connectivity index (χ2v) is 9.10. The highest BCUT2D eigenvalue weighted by atomic mass is 16.4. The van der Waals surface area contributed by atoms with Crippen LogP contribution in [0.2, 0.25) is 0 Å². The van der Waals surface area contributed by atoms with Crippen LogP contribution in [-0.4, -0.2) is 82.0 Å². The second-order valence-electron chi connectivity index (χ2n) is 9.10. The number of aliphatic carboxylic acids is 2. The van der Waals surface area contributed by atoms with Crippen LogP contribution >= 0.6 is 0 Å². The van der Waals surface area contributed by atoms with Gasteiger partial charge in [-0.1, -0.05) is 13.8 Å². The van der Waals surface area contributed by atoms with E-state index in [1.165, 1.54) is 4.90 Å². The lowest BCUT2D eigenvalue weighted by molar-refractivity contribution is -0.143. The Morgan fingerprint density at radius 3 is 2.26 bits per heavy atom. The first-order valence-corrected chi connectivity index (χ1v) is 11.8. The van der Waals surface area contributed by atoms with Gasteiger partial charge in [0.1, 0.15) is 18.1 Å². The molecule has 0 saturated carbocycles. The average Bonchev–Trinajstić information content (AvgIpc) is 3.25. The van der Waals surface area contributed by atoms with Gasteiger partial charge in [0.2, 0.25) is 17.7 Å². The molecule has 0 bridgehead atoms. The fourth-order valence-electron chi connectivity index (χ4n) is 3.91. The Morgan fingerprint density at radius 1 is 1.03 bits per heavy atom. The van der Waals surface area contributed by atoms with E-state index in [2.05, 4.69) is 10.6 Å². The van der Waals surface area contributed by atoms with Gasteiger partial charge in [0, 0.05) is 13.0 Å². The van der Waals surface area contributed by atoms with Gasteiger partial charge in [-0.05, 0) is 57.4 Å². The van der Waals surface area contributed by atoms with Gasteiger partial charge in [0.15, 0.2) is 0 Å². The number of carboxylic acids is 2. The highest BCUT2D eigenvalue weighted by Crippen LogP contribution is 2.20. The van der Waals surface area contributed by atoms with Crippen molar-refractivity contribution in [2.24, 2.45) is 17.4 Å². The molecule has 4 atom stereocenters. The standard InChI is InChI=1S/C22H39N5O7/c1-13(2)12-16(22(33)34)26-19(30)15(6-3-4-10-23)25-20(31)17-7-5-11-27(17)21(32)14(24)8-9-18(28)29/h13-17H,3-12,23-24H2,1-2H3,(H,25,31)(H,26,30)(H,28,29)(H,33,34). The zero-order valence-corrected chi connectivity index (χ0v) is 20.0. The van der Waals surface area contributed by atoms with Crippen molar-refractivity contribution in [2.45, 2.75) is 89.4 Å². The summed E-state index contributed by atoms with van der Waals surface area (Å²) in [5, 5.41) is 23.4. The molecule has 34 heavy (non-hydrogen) atoms. The van der Waals surface area contributed by atoms with Gasteiger partial charge in [0.05, 0.1) is 6.04 Å². The Labute approximate surface area is 199 Å². The number of nitrogens with two attached hydrogens (primary N) is 2. The van der Waals surface area contributed by atoms with E-state index in [0.717, 1.165) is 0 Å². The van der Waals surface area contributed by atoms with Gasteiger partial charge in [-0.15, -0.1) is 0 Å². The number of rotatable bonds is 15. The van der Waals surface area contributed by atoms with Crippen LogP contribution in [-0.2, 0) is 24.0 Å². The van der Waals surface area contributed by atoms with Crippen LogP contribution in [0.1, 0.15) is 65.2 Å². The summed E-state index contributed by atoms with van der Waals surface area (Å²) >= 11 is 0. The molecule has 12 nitrogen and oxygen atoms in total. The van der Waals surface area contributed by atoms with E-state index < -0.39 is 53.8 Å². The molecule has 1 aliphatic rings. The summed E-state index contributed by atoms with van der Waals surface area (Å²) in [6, 6.07) is -3.94. The molecule has 0 aromatic heterocycles. The predicted molar refractivity (Wildman–Crippen MR) is 123 cm³/mol. The lowest BCUT2D eigenvalue weighted by Crippen LogP contribution is -2.56. The number of amides is 3. The normalized spacial score (nSPS) is 18.3. The summed E-state index contributed by atoms with van der Waals surface area (Å²) in [6.45, 7) is 4.40.